The van der Waals surface area contributed by atoms with Crippen molar-refractivity contribution in [3.05, 3.63) is 84.6 Å². The molecule has 2 nitrogen and oxygen atoms in total. The van der Waals surface area contributed by atoms with Gasteiger partial charge in [-0.2, -0.15) is 0 Å². The Kier molecular flexibility index (Phi) is 2.95. The molecule has 0 amide bonds. The molecule has 1 aromatic heterocycles. The Bertz CT molecular complexity index is 833. The van der Waals surface area contributed by atoms with Crippen LogP contribution in [0.2, 0.25) is 0 Å². The molecule has 0 unspecified atom stereocenters. The second-order valence-electron chi connectivity index (χ2n) is 6.05. The first-order valence-corrected chi connectivity index (χ1v) is 7.65. The van der Waals surface area contributed by atoms with Gasteiger partial charge < -0.3 is 9.30 Å². The zero-order valence-electron chi connectivity index (χ0n) is 12.7. The van der Waals surface area contributed by atoms with Crippen LogP contribution in [-0.2, 0) is 16.9 Å². The van der Waals surface area contributed by atoms with Gasteiger partial charge in [-0.25, -0.2) is 0 Å². The van der Waals surface area contributed by atoms with Crippen LogP contribution >= 0.6 is 0 Å². The third-order valence-electron chi connectivity index (χ3n) is 4.59. The van der Waals surface area contributed by atoms with Crippen LogP contribution in [0, 0.1) is 0 Å². The molecule has 1 fully saturated rings. The van der Waals surface area contributed by atoms with Gasteiger partial charge in [0, 0.05) is 18.3 Å². The van der Waals surface area contributed by atoms with Crippen molar-refractivity contribution < 1.29 is 4.74 Å². The first-order chi connectivity index (χ1) is 10.7. The molecule has 0 bridgehead atoms. The van der Waals surface area contributed by atoms with Gasteiger partial charge in [-0.15, -0.1) is 6.58 Å². The third kappa shape index (κ3) is 1.99. The lowest BCUT2D eigenvalue weighted by Crippen LogP contribution is -2.09. The molecule has 3 aromatic rings. The normalized spacial score (nSPS) is 23.6. The molecule has 0 N–H and O–H groups in total. The van der Waals surface area contributed by atoms with Crippen LogP contribution in [-0.4, -0.2) is 10.7 Å². The Hall–Kier alpha value is -2.32. The van der Waals surface area contributed by atoms with Crippen LogP contribution in [0.4, 0.5) is 0 Å². The van der Waals surface area contributed by atoms with Crippen LogP contribution in [0.25, 0.3) is 10.9 Å². The van der Waals surface area contributed by atoms with Crippen molar-refractivity contribution in [3.63, 3.8) is 0 Å². The molecule has 2 heterocycles. The smallest absolute Gasteiger partial charge is 0.123 e. The zero-order valence-corrected chi connectivity index (χ0v) is 12.7. The Balaban J connectivity index is 1.82. The number of benzene rings is 2. The van der Waals surface area contributed by atoms with E-state index in [1.807, 2.05) is 6.08 Å². The summed E-state index contributed by atoms with van der Waals surface area (Å²) in [5.74, 6) is 0. The Labute approximate surface area is 130 Å². The highest BCUT2D eigenvalue weighted by atomic mass is 16.6. The van der Waals surface area contributed by atoms with Crippen molar-refractivity contribution in [3.8, 4) is 0 Å². The van der Waals surface area contributed by atoms with Crippen molar-refractivity contribution in [2.75, 3.05) is 0 Å². The monoisotopic (exact) mass is 289 g/mol. The SMILES string of the molecule is C=C[C@@H]1O[C@@]1(C)c1cccc2ccn(Cc3ccccc3)c12. The predicted molar refractivity (Wildman–Crippen MR) is 89.9 cm³/mol. The summed E-state index contributed by atoms with van der Waals surface area (Å²) in [6.07, 6.45) is 4.16. The molecule has 0 aliphatic carbocycles. The molecule has 2 atom stereocenters. The molecule has 4 rings (SSSR count). The van der Waals surface area contributed by atoms with Gasteiger partial charge in [0.05, 0.1) is 5.52 Å². The van der Waals surface area contributed by atoms with E-state index in [0.717, 1.165) is 6.54 Å². The Morgan fingerprint density at radius 1 is 1.14 bits per heavy atom. The maximum atomic E-state index is 5.89. The maximum absolute atomic E-state index is 5.89. The lowest BCUT2D eigenvalue weighted by atomic mass is 9.95. The number of epoxide rings is 1. The molecule has 22 heavy (non-hydrogen) atoms. The van der Waals surface area contributed by atoms with Crippen LogP contribution in [0.15, 0.2) is 73.4 Å². The highest BCUT2D eigenvalue weighted by Gasteiger charge is 2.52. The van der Waals surface area contributed by atoms with Gasteiger partial charge in [-0.05, 0) is 23.9 Å². The molecule has 0 saturated carbocycles. The first kappa shape index (κ1) is 13.4. The van der Waals surface area contributed by atoms with Crippen molar-refractivity contribution in [1.82, 2.24) is 4.57 Å². The molecular weight excluding hydrogens is 270 g/mol. The van der Waals surface area contributed by atoms with Gasteiger partial charge in [0.1, 0.15) is 11.7 Å². The van der Waals surface area contributed by atoms with Crippen LogP contribution < -0.4 is 0 Å². The van der Waals surface area contributed by atoms with Gasteiger partial charge in [0.15, 0.2) is 0 Å². The number of para-hydroxylation sites is 1. The Morgan fingerprint density at radius 2 is 1.95 bits per heavy atom. The molecule has 110 valence electrons. The van der Waals surface area contributed by atoms with Crippen molar-refractivity contribution in [2.45, 2.75) is 25.2 Å². The summed E-state index contributed by atoms with van der Waals surface area (Å²) < 4.78 is 8.20. The second kappa shape index (κ2) is 4.85. The first-order valence-electron chi connectivity index (χ1n) is 7.65. The van der Waals surface area contributed by atoms with E-state index in [-0.39, 0.29) is 11.7 Å². The highest BCUT2D eigenvalue weighted by molar-refractivity contribution is 5.85. The largest absolute Gasteiger partial charge is 0.357 e. The van der Waals surface area contributed by atoms with Gasteiger partial charge in [-0.1, -0.05) is 54.6 Å². The van der Waals surface area contributed by atoms with Crippen molar-refractivity contribution >= 4 is 10.9 Å². The third-order valence-corrected chi connectivity index (χ3v) is 4.59. The number of ether oxygens (including phenoxy) is 1. The van der Waals surface area contributed by atoms with Crippen molar-refractivity contribution in [1.29, 1.82) is 0 Å². The van der Waals surface area contributed by atoms with E-state index < -0.39 is 0 Å². The minimum Gasteiger partial charge on any atom is -0.357 e. The number of rotatable bonds is 4. The summed E-state index contributed by atoms with van der Waals surface area (Å²) >= 11 is 0. The number of hydrogen-bond donors (Lipinski definition) is 0. The molecular formula is C20H19NO. The molecule has 0 radical (unpaired) electrons. The number of hydrogen-bond acceptors (Lipinski definition) is 1. The lowest BCUT2D eigenvalue weighted by molar-refractivity contribution is 0.321. The number of fused-ring (bicyclic) bond motifs is 1. The van der Waals surface area contributed by atoms with E-state index >= 15 is 0 Å². The summed E-state index contributed by atoms with van der Waals surface area (Å²) in [6.45, 7) is 6.89. The van der Waals surface area contributed by atoms with Gasteiger partial charge in [0.2, 0.25) is 0 Å². The lowest BCUT2D eigenvalue weighted by Gasteiger charge is -2.13. The van der Waals surface area contributed by atoms with Crippen LogP contribution in [0.1, 0.15) is 18.1 Å². The minimum absolute atomic E-state index is 0.109. The maximum Gasteiger partial charge on any atom is 0.123 e. The average molecular weight is 289 g/mol. The molecule has 1 saturated heterocycles. The van der Waals surface area contributed by atoms with Gasteiger partial charge in [0.25, 0.3) is 0 Å². The topological polar surface area (TPSA) is 17.5 Å². The summed E-state index contributed by atoms with van der Waals surface area (Å²) in [5, 5.41) is 1.26. The zero-order chi connectivity index (χ0) is 15.2. The fourth-order valence-electron chi connectivity index (χ4n) is 3.29. The average Bonchev–Trinajstić information content (AvgIpc) is 3.07. The minimum atomic E-state index is -0.242. The second-order valence-corrected chi connectivity index (χ2v) is 6.05. The van der Waals surface area contributed by atoms with Crippen molar-refractivity contribution in [2.24, 2.45) is 0 Å². The summed E-state index contributed by atoms with van der Waals surface area (Å²) in [4.78, 5) is 0. The van der Waals surface area contributed by atoms with E-state index in [9.17, 15) is 0 Å². The quantitative estimate of drug-likeness (QED) is 0.511. The molecule has 1 aliphatic heterocycles. The number of aromatic nitrogens is 1. The Morgan fingerprint density at radius 3 is 2.68 bits per heavy atom. The summed E-state index contributed by atoms with van der Waals surface area (Å²) in [5.41, 5.74) is 3.57. The number of nitrogens with zero attached hydrogens (tertiary/aromatic N) is 1. The van der Waals surface area contributed by atoms with E-state index in [1.54, 1.807) is 0 Å². The standard InChI is InChI=1S/C20H19NO/c1-3-18-20(2,22-18)17-11-7-10-16-12-13-21(19(16)17)14-15-8-5-4-6-9-15/h3-13,18H,1,14H2,2H3/t18-,20-/m0/s1. The fourth-order valence-corrected chi connectivity index (χ4v) is 3.29. The summed E-state index contributed by atoms with van der Waals surface area (Å²) in [6, 6.07) is 19.2. The van der Waals surface area contributed by atoms with Crippen LogP contribution in [0.5, 0.6) is 0 Å². The molecule has 2 heteroatoms. The summed E-state index contributed by atoms with van der Waals surface area (Å²) in [7, 11) is 0. The van der Waals surface area contributed by atoms with Gasteiger partial charge >= 0.3 is 0 Å². The molecule has 1 aliphatic rings. The van der Waals surface area contributed by atoms with E-state index in [0.29, 0.717) is 0 Å². The van der Waals surface area contributed by atoms with E-state index in [1.165, 1.54) is 22.0 Å². The van der Waals surface area contributed by atoms with E-state index in [4.69, 9.17) is 4.74 Å². The van der Waals surface area contributed by atoms with Gasteiger partial charge in [-0.3, -0.25) is 0 Å². The van der Waals surface area contributed by atoms with Crippen LogP contribution in [0.3, 0.4) is 0 Å². The molecule has 2 aromatic carbocycles. The predicted octanol–water partition coefficient (Wildman–Crippen LogP) is 4.49. The highest BCUT2D eigenvalue weighted by Crippen LogP contribution is 2.48. The molecule has 0 spiro atoms. The fraction of sp³-hybridized carbons (Fsp3) is 0.200. The van der Waals surface area contributed by atoms with E-state index in [2.05, 4.69) is 78.9 Å².